The van der Waals surface area contributed by atoms with Gasteiger partial charge in [0.05, 0.1) is 0 Å². The van der Waals surface area contributed by atoms with Crippen molar-refractivity contribution in [1.29, 1.82) is 0 Å². The fourth-order valence-electron chi connectivity index (χ4n) is 2.80. The number of benzene rings is 2. The average molecular weight is 338 g/mol. The average Bonchev–Trinajstić information content (AvgIpc) is 2.65. The first kappa shape index (κ1) is 18.7. The number of hydrogen-bond donors (Lipinski definition) is 1. The van der Waals surface area contributed by atoms with Gasteiger partial charge in [-0.05, 0) is 11.1 Å². The van der Waals surface area contributed by atoms with E-state index in [0.29, 0.717) is 13.0 Å². The normalized spacial score (nSPS) is 11.8. The maximum absolute atomic E-state index is 12.8. The molecule has 1 atom stereocenters. The highest BCUT2D eigenvalue weighted by molar-refractivity contribution is 5.88. The molecule has 2 amide bonds. The van der Waals surface area contributed by atoms with Gasteiger partial charge in [0.1, 0.15) is 6.04 Å². The van der Waals surface area contributed by atoms with Gasteiger partial charge in [-0.25, -0.2) is 0 Å². The minimum atomic E-state index is -0.539. The van der Waals surface area contributed by atoms with Crippen LogP contribution in [0.3, 0.4) is 0 Å². The Morgan fingerprint density at radius 2 is 1.44 bits per heavy atom. The molecule has 0 fully saturated rings. The van der Waals surface area contributed by atoms with Crippen molar-refractivity contribution in [1.82, 2.24) is 10.2 Å². The summed E-state index contributed by atoms with van der Waals surface area (Å²) in [6.45, 7) is 4.15. The summed E-state index contributed by atoms with van der Waals surface area (Å²) < 4.78 is 0. The van der Waals surface area contributed by atoms with Crippen LogP contribution in [0, 0.1) is 5.92 Å². The molecule has 0 aromatic heterocycles. The lowest BCUT2D eigenvalue weighted by molar-refractivity contribution is -0.143. The summed E-state index contributed by atoms with van der Waals surface area (Å²) in [7, 11) is 1.61. The second kappa shape index (κ2) is 9.02. The van der Waals surface area contributed by atoms with Crippen molar-refractivity contribution in [2.45, 2.75) is 32.9 Å². The topological polar surface area (TPSA) is 49.4 Å². The number of nitrogens with zero attached hydrogens (tertiary/aromatic N) is 1. The Balaban J connectivity index is 2.34. The molecule has 0 bridgehead atoms. The summed E-state index contributed by atoms with van der Waals surface area (Å²) in [4.78, 5) is 27.1. The van der Waals surface area contributed by atoms with Crippen molar-refractivity contribution < 1.29 is 9.59 Å². The van der Waals surface area contributed by atoms with Crippen LogP contribution >= 0.6 is 0 Å². The van der Waals surface area contributed by atoms with Crippen LogP contribution in [0.15, 0.2) is 60.7 Å². The largest absolute Gasteiger partial charge is 0.357 e. The third-order valence-electron chi connectivity index (χ3n) is 4.17. The van der Waals surface area contributed by atoms with Crippen molar-refractivity contribution in [3.63, 3.8) is 0 Å². The molecular weight excluding hydrogens is 312 g/mol. The van der Waals surface area contributed by atoms with Crippen LogP contribution in [0.25, 0.3) is 0 Å². The number of hydrogen-bond acceptors (Lipinski definition) is 2. The van der Waals surface area contributed by atoms with Gasteiger partial charge in [-0.15, -0.1) is 0 Å². The summed E-state index contributed by atoms with van der Waals surface area (Å²) in [5.74, 6) is -0.339. The van der Waals surface area contributed by atoms with Gasteiger partial charge in [0.2, 0.25) is 11.8 Å². The zero-order chi connectivity index (χ0) is 18.2. The Morgan fingerprint density at radius 1 is 0.920 bits per heavy atom. The fourth-order valence-corrected chi connectivity index (χ4v) is 2.80. The predicted octanol–water partition coefficient (Wildman–Crippen LogP) is 3.03. The summed E-state index contributed by atoms with van der Waals surface area (Å²) in [5, 5.41) is 2.71. The Bertz CT molecular complexity index is 684. The molecule has 0 heterocycles. The third-order valence-corrected chi connectivity index (χ3v) is 4.17. The number of rotatable bonds is 7. The van der Waals surface area contributed by atoms with Crippen LogP contribution in [0.2, 0.25) is 0 Å². The maximum Gasteiger partial charge on any atom is 0.242 e. The first-order valence-corrected chi connectivity index (χ1v) is 8.63. The lowest BCUT2D eigenvalue weighted by Gasteiger charge is -2.32. The number of nitrogens with one attached hydrogen (secondary N) is 1. The number of carbonyl (C=O) groups is 2. The molecule has 132 valence electrons. The molecule has 2 aromatic carbocycles. The number of amides is 2. The van der Waals surface area contributed by atoms with E-state index in [1.54, 1.807) is 11.9 Å². The van der Waals surface area contributed by atoms with E-state index in [1.807, 2.05) is 74.5 Å². The highest BCUT2D eigenvalue weighted by atomic mass is 16.2. The maximum atomic E-state index is 12.8. The van der Waals surface area contributed by atoms with Crippen molar-refractivity contribution >= 4 is 11.8 Å². The van der Waals surface area contributed by atoms with Crippen molar-refractivity contribution in [2.75, 3.05) is 7.05 Å². The van der Waals surface area contributed by atoms with Gasteiger partial charge in [-0.3, -0.25) is 9.59 Å². The Hall–Kier alpha value is -2.62. The molecule has 0 aliphatic rings. The van der Waals surface area contributed by atoms with Crippen molar-refractivity contribution in [3.8, 4) is 0 Å². The monoisotopic (exact) mass is 338 g/mol. The van der Waals surface area contributed by atoms with Crippen LogP contribution in [0.1, 0.15) is 25.0 Å². The third kappa shape index (κ3) is 5.18. The zero-order valence-corrected chi connectivity index (χ0v) is 15.1. The second-order valence-electron chi connectivity index (χ2n) is 6.43. The molecule has 2 rings (SSSR count). The molecule has 0 saturated carbocycles. The smallest absolute Gasteiger partial charge is 0.242 e. The minimum Gasteiger partial charge on any atom is -0.357 e. The van der Waals surface area contributed by atoms with Gasteiger partial charge >= 0.3 is 0 Å². The van der Waals surface area contributed by atoms with Gasteiger partial charge in [0.25, 0.3) is 0 Å². The molecular formula is C21H26N2O2. The van der Waals surface area contributed by atoms with E-state index >= 15 is 0 Å². The van der Waals surface area contributed by atoms with Crippen LogP contribution < -0.4 is 5.32 Å². The van der Waals surface area contributed by atoms with E-state index in [4.69, 9.17) is 0 Å². The van der Waals surface area contributed by atoms with E-state index in [1.165, 1.54) is 0 Å². The molecule has 25 heavy (non-hydrogen) atoms. The van der Waals surface area contributed by atoms with E-state index < -0.39 is 6.04 Å². The second-order valence-corrected chi connectivity index (χ2v) is 6.43. The SMILES string of the molecule is CNC(=O)C(Cc1ccccc1)N(Cc1ccccc1)C(=O)C(C)C. The number of carbonyl (C=O) groups excluding carboxylic acids is 2. The molecule has 0 spiro atoms. The van der Waals surface area contributed by atoms with Gasteiger partial charge in [-0.2, -0.15) is 0 Å². The van der Waals surface area contributed by atoms with Gasteiger partial charge < -0.3 is 10.2 Å². The highest BCUT2D eigenvalue weighted by Gasteiger charge is 2.30. The highest BCUT2D eigenvalue weighted by Crippen LogP contribution is 2.17. The molecule has 4 nitrogen and oxygen atoms in total. The standard InChI is InChI=1S/C21H26N2O2/c1-16(2)21(25)23(15-18-12-8-5-9-13-18)19(20(24)22-3)14-17-10-6-4-7-11-17/h4-13,16,19H,14-15H2,1-3H3,(H,22,24). The van der Waals surface area contributed by atoms with E-state index in [2.05, 4.69) is 5.32 Å². The van der Waals surface area contributed by atoms with Gasteiger partial charge in [0.15, 0.2) is 0 Å². The molecule has 1 unspecified atom stereocenters. The summed E-state index contributed by atoms with van der Waals surface area (Å²) in [6.07, 6.45) is 0.492. The molecule has 4 heteroatoms. The first-order valence-electron chi connectivity index (χ1n) is 8.63. The summed E-state index contributed by atoms with van der Waals surface area (Å²) in [6, 6.07) is 19.0. The number of likely N-dealkylation sites (N-methyl/N-ethyl adjacent to an activating group) is 1. The Labute approximate surface area is 149 Å². The first-order chi connectivity index (χ1) is 12.0. The fraction of sp³-hybridized carbons (Fsp3) is 0.333. The van der Waals surface area contributed by atoms with E-state index in [0.717, 1.165) is 11.1 Å². The molecule has 0 aliphatic carbocycles. The van der Waals surface area contributed by atoms with Gasteiger partial charge in [-0.1, -0.05) is 74.5 Å². The summed E-state index contributed by atoms with van der Waals surface area (Å²) in [5.41, 5.74) is 2.05. The van der Waals surface area contributed by atoms with Crippen LogP contribution in [0.4, 0.5) is 0 Å². The van der Waals surface area contributed by atoms with Crippen LogP contribution in [-0.2, 0) is 22.6 Å². The lowest BCUT2D eigenvalue weighted by atomic mass is 10.0. The quantitative estimate of drug-likeness (QED) is 0.844. The van der Waals surface area contributed by atoms with Crippen molar-refractivity contribution in [3.05, 3.63) is 71.8 Å². The Kier molecular flexibility index (Phi) is 6.75. The molecule has 1 N–H and O–H groups in total. The molecule has 2 aromatic rings. The predicted molar refractivity (Wildman–Crippen MR) is 99.8 cm³/mol. The lowest BCUT2D eigenvalue weighted by Crippen LogP contribution is -2.50. The Morgan fingerprint density at radius 3 is 1.92 bits per heavy atom. The van der Waals surface area contributed by atoms with E-state index in [-0.39, 0.29) is 17.7 Å². The molecule has 0 aliphatic heterocycles. The van der Waals surface area contributed by atoms with Crippen LogP contribution in [0.5, 0.6) is 0 Å². The molecule has 0 radical (unpaired) electrons. The zero-order valence-electron chi connectivity index (χ0n) is 15.1. The minimum absolute atomic E-state index is 0.0200. The van der Waals surface area contributed by atoms with Crippen molar-refractivity contribution in [2.24, 2.45) is 5.92 Å². The van der Waals surface area contributed by atoms with E-state index in [9.17, 15) is 9.59 Å². The van der Waals surface area contributed by atoms with Crippen LogP contribution in [-0.4, -0.2) is 29.8 Å². The van der Waals surface area contributed by atoms with Gasteiger partial charge in [0, 0.05) is 25.9 Å². The molecule has 0 saturated heterocycles. The summed E-state index contributed by atoms with van der Waals surface area (Å²) >= 11 is 0.